The first kappa shape index (κ1) is 12.8. The van der Waals surface area contributed by atoms with Crippen LogP contribution in [0.2, 0.25) is 0 Å². The van der Waals surface area contributed by atoms with E-state index in [1.54, 1.807) is 0 Å². The molecule has 1 aliphatic rings. The highest BCUT2D eigenvalue weighted by Crippen LogP contribution is 2.30. The van der Waals surface area contributed by atoms with Gasteiger partial charge in [0.1, 0.15) is 16.2 Å². The summed E-state index contributed by atoms with van der Waals surface area (Å²) in [6.07, 6.45) is 3.83. The molecule has 2 atom stereocenters. The van der Waals surface area contributed by atoms with Crippen LogP contribution in [0.1, 0.15) is 38.9 Å². The molecule has 0 bridgehead atoms. The van der Waals surface area contributed by atoms with E-state index < -0.39 is 0 Å². The average Bonchev–Trinajstić information content (AvgIpc) is 2.13. The van der Waals surface area contributed by atoms with Crippen LogP contribution in [0.3, 0.4) is 0 Å². The highest BCUT2D eigenvalue weighted by atomic mass is 79.9. The van der Waals surface area contributed by atoms with Gasteiger partial charge in [-0.3, -0.25) is 0 Å². The van der Waals surface area contributed by atoms with Crippen molar-refractivity contribution in [2.75, 3.05) is 5.32 Å². The number of nitrogens with zero attached hydrogens (tertiary/aromatic N) is 2. The van der Waals surface area contributed by atoms with Crippen molar-refractivity contribution in [1.82, 2.24) is 9.97 Å². The molecule has 4 heteroatoms. The van der Waals surface area contributed by atoms with E-state index >= 15 is 0 Å². The highest BCUT2D eigenvalue weighted by molar-refractivity contribution is 9.10. The van der Waals surface area contributed by atoms with Gasteiger partial charge in [-0.25, -0.2) is 9.97 Å². The van der Waals surface area contributed by atoms with Crippen molar-refractivity contribution in [1.29, 1.82) is 0 Å². The summed E-state index contributed by atoms with van der Waals surface area (Å²) in [5, 5.41) is 3.54. The molecule has 0 aromatic carbocycles. The van der Waals surface area contributed by atoms with Gasteiger partial charge < -0.3 is 5.32 Å². The molecule has 2 rings (SSSR count). The number of aryl methyl sites for hydroxylation is 1. The number of hydrogen-bond donors (Lipinski definition) is 1. The Morgan fingerprint density at radius 2 is 1.82 bits per heavy atom. The minimum atomic E-state index is 0.551. The summed E-state index contributed by atoms with van der Waals surface area (Å²) in [5.74, 6) is 3.36. The van der Waals surface area contributed by atoms with Gasteiger partial charge in [0.2, 0.25) is 0 Å². The molecule has 0 radical (unpaired) electrons. The third-order valence-electron chi connectivity index (χ3n) is 3.34. The topological polar surface area (TPSA) is 37.8 Å². The second-order valence-electron chi connectivity index (χ2n) is 5.38. The van der Waals surface area contributed by atoms with Gasteiger partial charge in [0, 0.05) is 12.1 Å². The number of rotatable bonds is 2. The molecule has 1 N–H and O–H groups in total. The Kier molecular flexibility index (Phi) is 4.02. The fraction of sp³-hybridized carbons (Fsp3) is 0.692. The van der Waals surface area contributed by atoms with Gasteiger partial charge in [0.25, 0.3) is 0 Å². The van der Waals surface area contributed by atoms with E-state index in [2.05, 4.69) is 45.1 Å². The first-order valence-electron chi connectivity index (χ1n) is 6.30. The zero-order chi connectivity index (χ0) is 12.4. The first-order valence-corrected chi connectivity index (χ1v) is 7.10. The van der Waals surface area contributed by atoms with Crippen LogP contribution in [0.4, 0.5) is 5.82 Å². The fourth-order valence-electron chi connectivity index (χ4n) is 2.88. The molecular formula is C13H20BrN3. The molecule has 1 heterocycles. The number of halogens is 1. The summed E-state index contributed by atoms with van der Waals surface area (Å²) in [4.78, 5) is 8.65. The van der Waals surface area contributed by atoms with Crippen LogP contribution in [0.5, 0.6) is 0 Å². The molecule has 1 saturated carbocycles. The Morgan fingerprint density at radius 3 is 2.41 bits per heavy atom. The van der Waals surface area contributed by atoms with Gasteiger partial charge in [0.15, 0.2) is 0 Å². The lowest BCUT2D eigenvalue weighted by Crippen LogP contribution is -2.30. The Labute approximate surface area is 112 Å². The molecule has 3 nitrogen and oxygen atoms in total. The molecule has 2 unspecified atom stereocenters. The number of aromatic nitrogens is 2. The minimum Gasteiger partial charge on any atom is -0.367 e. The maximum atomic E-state index is 4.43. The average molecular weight is 298 g/mol. The molecule has 1 aromatic heterocycles. The Hall–Kier alpha value is -0.640. The van der Waals surface area contributed by atoms with Crippen molar-refractivity contribution in [2.45, 2.75) is 46.1 Å². The molecule has 0 amide bonds. The zero-order valence-electron chi connectivity index (χ0n) is 10.7. The maximum absolute atomic E-state index is 4.43. The molecule has 0 saturated heterocycles. The van der Waals surface area contributed by atoms with E-state index in [0.29, 0.717) is 6.04 Å². The van der Waals surface area contributed by atoms with Crippen molar-refractivity contribution in [3.63, 3.8) is 0 Å². The number of anilines is 1. The zero-order valence-corrected chi connectivity index (χ0v) is 12.3. The Balaban J connectivity index is 2.04. The SMILES string of the molecule is Cc1nc(Br)cc(NC2CC(C)CC(C)C2)n1. The summed E-state index contributed by atoms with van der Waals surface area (Å²) in [6, 6.07) is 2.51. The van der Waals surface area contributed by atoms with Crippen molar-refractivity contribution < 1.29 is 0 Å². The van der Waals surface area contributed by atoms with Crippen molar-refractivity contribution in [2.24, 2.45) is 11.8 Å². The Bertz CT molecular complexity index is 364. The van der Waals surface area contributed by atoms with Gasteiger partial charge >= 0.3 is 0 Å². The summed E-state index contributed by atoms with van der Waals surface area (Å²) in [5.41, 5.74) is 0. The van der Waals surface area contributed by atoms with E-state index in [0.717, 1.165) is 28.1 Å². The summed E-state index contributed by atoms with van der Waals surface area (Å²) < 4.78 is 0.851. The number of hydrogen-bond acceptors (Lipinski definition) is 3. The molecule has 17 heavy (non-hydrogen) atoms. The van der Waals surface area contributed by atoms with Crippen LogP contribution >= 0.6 is 15.9 Å². The number of nitrogens with one attached hydrogen (secondary N) is 1. The van der Waals surface area contributed by atoms with E-state index in [4.69, 9.17) is 0 Å². The van der Waals surface area contributed by atoms with Crippen LogP contribution in [0.15, 0.2) is 10.7 Å². The highest BCUT2D eigenvalue weighted by Gasteiger charge is 2.24. The molecule has 0 aliphatic heterocycles. The predicted octanol–water partition coefficient (Wildman–Crippen LogP) is 3.78. The molecule has 1 aromatic rings. The third kappa shape index (κ3) is 3.66. The van der Waals surface area contributed by atoms with Crippen LogP contribution in [-0.2, 0) is 0 Å². The largest absolute Gasteiger partial charge is 0.367 e. The summed E-state index contributed by atoms with van der Waals surface area (Å²) in [6.45, 7) is 6.60. The summed E-state index contributed by atoms with van der Waals surface area (Å²) in [7, 11) is 0. The first-order chi connectivity index (χ1) is 8.02. The monoisotopic (exact) mass is 297 g/mol. The quantitative estimate of drug-likeness (QED) is 0.844. The van der Waals surface area contributed by atoms with Crippen LogP contribution < -0.4 is 5.32 Å². The lowest BCUT2D eigenvalue weighted by atomic mass is 9.80. The molecule has 1 fully saturated rings. The van der Waals surface area contributed by atoms with Gasteiger partial charge in [0.05, 0.1) is 0 Å². The molecule has 94 valence electrons. The standard InChI is InChI=1S/C13H20BrN3/c1-8-4-9(2)6-11(5-8)17-13-7-12(14)15-10(3)16-13/h7-9,11H,4-6H2,1-3H3,(H,15,16,17). The van der Waals surface area contributed by atoms with Crippen molar-refractivity contribution in [3.05, 3.63) is 16.5 Å². The van der Waals surface area contributed by atoms with Gasteiger partial charge in [-0.2, -0.15) is 0 Å². The molecule has 0 spiro atoms. The third-order valence-corrected chi connectivity index (χ3v) is 3.74. The van der Waals surface area contributed by atoms with Crippen LogP contribution in [0.25, 0.3) is 0 Å². The van der Waals surface area contributed by atoms with E-state index in [1.165, 1.54) is 19.3 Å². The van der Waals surface area contributed by atoms with Gasteiger partial charge in [-0.15, -0.1) is 0 Å². The lowest BCUT2D eigenvalue weighted by molar-refractivity contribution is 0.280. The fourth-order valence-corrected chi connectivity index (χ4v) is 3.35. The predicted molar refractivity (Wildman–Crippen MR) is 74.1 cm³/mol. The van der Waals surface area contributed by atoms with Crippen LogP contribution in [0, 0.1) is 18.8 Å². The van der Waals surface area contributed by atoms with Crippen molar-refractivity contribution in [3.8, 4) is 0 Å². The minimum absolute atomic E-state index is 0.551. The normalized spacial score (nSPS) is 29.1. The smallest absolute Gasteiger partial charge is 0.131 e. The van der Waals surface area contributed by atoms with Gasteiger partial charge in [-0.05, 0) is 54.0 Å². The van der Waals surface area contributed by atoms with Gasteiger partial charge in [-0.1, -0.05) is 13.8 Å². The summed E-state index contributed by atoms with van der Waals surface area (Å²) >= 11 is 3.41. The molecule has 1 aliphatic carbocycles. The molecular weight excluding hydrogens is 278 g/mol. The van der Waals surface area contributed by atoms with Crippen molar-refractivity contribution >= 4 is 21.7 Å². The maximum Gasteiger partial charge on any atom is 0.131 e. The second-order valence-corrected chi connectivity index (χ2v) is 6.19. The second kappa shape index (κ2) is 5.34. The van der Waals surface area contributed by atoms with E-state index in [9.17, 15) is 0 Å². The van der Waals surface area contributed by atoms with E-state index in [-0.39, 0.29) is 0 Å². The van der Waals surface area contributed by atoms with Crippen LogP contribution in [-0.4, -0.2) is 16.0 Å². The lowest BCUT2D eigenvalue weighted by Gasteiger charge is -2.32. The van der Waals surface area contributed by atoms with E-state index in [1.807, 2.05) is 13.0 Å². The Morgan fingerprint density at radius 1 is 1.18 bits per heavy atom.